The summed E-state index contributed by atoms with van der Waals surface area (Å²) < 4.78 is 5.31. The highest BCUT2D eigenvalue weighted by Crippen LogP contribution is 2.24. The molecule has 8 heteroatoms. The van der Waals surface area contributed by atoms with Crippen LogP contribution in [-0.4, -0.2) is 63.2 Å². The van der Waals surface area contributed by atoms with Gasteiger partial charge in [-0.15, -0.1) is 0 Å². The summed E-state index contributed by atoms with van der Waals surface area (Å²) in [5.74, 6) is 0.940. The maximum absolute atomic E-state index is 12.6. The van der Waals surface area contributed by atoms with Gasteiger partial charge in [0.05, 0.1) is 0 Å². The maximum atomic E-state index is 12.6. The molecule has 1 fully saturated rings. The Morgan fingerprint density at radius 1 is 1.04 bits per heavy atom. The van der Waals surface area contributed by atoms with Crippen molar-refractivity contribution >= 4 is 12.0 Å². The van der Waals surface area contributed by atoms with Crippen molar-refractivity contribution in [3.05, 3.63) is 35.7 Å². The molecule has 8 nitrogen and oxygen atoms in total. The fraction of sp³-hybridized carbons (Fsp3) is 0.444. The van der Waals surface area contributed by atoms with Gasteiger partial charge in [0, 0.05) is 42.7 Å². The molecule has 1 N–H and O–H groups in total. The molecule has 0 aliphatic carbocycles. The van der Waals surface area contributed by atoms with E-state index in [1.165, 1.54) is 4.90 Å². The summed E-state index contributed by atoms with van der Waals surface area (Å²) in [5.41, 5.74) is 1.10. The number of amides is 2. The number of piperazine rings is 1. The van der Waals surface area contributed by atoms with Gasteiger partial charge in [0.2, 0.25) is 0 Å². The molecule has 0 saturated carbocycles. The monoisotopic (exact) mass is 358 g/mol. The van der Waals surface area contributed by atoms with E-state index in [-0.39, 0.29) is 11.3 Å². The fourth-order valence-electron chi connectivity index (χ4n) is 2.68. The zero-order valence-corrected chi connectivity index (χ0v) is 15.1. The minimum absolute atomic E-state index is 0.109. The van der Waals surface area contributed by atoms with Crippen molar-refractivity contribution in [3.63, 3.8) is 0 Å². The molecule has 1 saturated heterocycles. The van der Waals surface area contributed by atoms with Crippen LogP contribution in [0.5, 0.6) is 0 Å². The van der Waals surface area contributed by atoms with Gasteiger partial charge in [0.1, 0.15) is 0 Å². The highest BCUT2D eigenvalue weighted by atomic mass is 16.5. The number of nitrogens with zero attached hydrogens (tertiary/aromatic N) is 4. The Labute approximate surface area is 151 Å². The summed E-state index contributed by atoms with van der Waals surface area (Å²) in [6.07, 6.45) is -0.948. The third kappa shape index (κ3) is 3.68. The first kappa shape index (κ1) is 17.9. The maximum Gasteiger partial charge on any atom is 0.407 e. The quantitative estimate of drug-likeness (QED) is 0.885. The van der Waals surface area contributed by atoms with Crippen LogP contribution >= 0.6 is 0 Å². The number of rotatable bonds is 2. The zero-order valence-electron chi connectivity index (χ0n) is 15.1. The van der Waals surface area contributed by atoms with Crippen LogP contribution in [0.25, 0.3) is 11.5 Å². The first-order valence-corrected chi connectivity index (χ1v) is 8.47. The predicted molar refractivity (Wildman–Crippen MR) is 93.9 cm³/mol. The van der Waals surface area contributed by atoms with E-state index >= 15 is 0 Å². The molecule has 26 heavy (non-hydrogen) atoms. The Bertz CT molecular complexity index is 799. The van der Waals surface area contributed by atoms with Crippen LogP contribution in [0.15, 0.2) is 28.8 Å². The molecule has 0 unspecified atom stereocenters. The minimum Gasteiger partial charge on any atom is -0.465 e. The Morgan fingerprint density at radius 3 is 2.12 bits per heavy atom. The highest BCUT2D eigenvalue weighted by molar-refractivity contribution is 5.94. The molecule has 1 aromatic carbocycles. The zero-order chi connectivity index (χ0) is 18.9. The lowest BCUT2D eigenvalue weighted by molar-refractivity contribution is 0.0625. The van der Waals surface area contributed by atoms with Crippen LogP contribution in [0, 0.1) is 0 Å². The number of aromatic nitrogens is 2. The van der Waals surface area contributed by atoms with Gasteiger partial charge in [0.25, 0.3) is 11.8 Å². The van der Waals surface area contributed by atoms with Gasteiger partial charge in [-0.2, -0.15) is 4.98 Å². The topological polar surface area (TPSA) is 99.8 Å². The number of hydrogen-bond acceptors (Lipinski definition) is 5. The number of carboxylic acid groups (broad SMARTS) is 1. The molecular weight excluding hydrogens is 336 g/mol. The third-order valence-electron chi connectivity index (χ3n) is 4.31. The average Bonchev–Trinajstić information content (AvgIpc) is 3.12. The Balaban J connectivity index is 1.69. The molecule has 2 aromatic rings. The fourth-order valence-corrected chi connectivity index (χ4v) is 2.68. The molecule has 1 aliphatic rings. The van der Waals surface area contributed by atoms with Crippen molar-refractivity contribution in [3.8, 4) is 11.5 Å². The lowest BCUT2D eigenvalue weighted by Crippen LogP contribution is -2.50. The second-order valence-electron chi connectivity index (χ2n) is 7.31. The van der Waals surface area contributed by atoms with Crippen LogP contribution in [0.4, 0.5) is 4.79 Å². The average molecular weight is 358 g/mol. The molecule has 3 rings (SSSR count). The molecule has 0 spiro atoms. The predicted octanol–water partition coefficient (Wildman–Crippen LogP) is 2.47. The van der Waals surface area contributed by atoms with Crippen LogP contribution in [0.3, 0.4) is 0 Å². The van der Waals surface area contributed by atoms with Gasteiger partial charge >= 0.3 is 6.09 Å². The molecule has 2 amide bonds. The summed E-state index contributed by atoms with van der Waals surface area (Å²) in [7, 11) is 0. The van der Waals surface area contributed by atoms with E-state index in [1.807, 2.05) is 20.8 Å². The van der Waals surface area contributed by atoms with Crippen LogP contribution in [0.1, 0.15) is 37.0 Å². The van der Waals surface area contributed by atoms with Crippen LogP contribution in [0.2, 0.25) is 0 Å². The van der Waals surface area contributed by atoms with Crippen LogP contribution in [-0.2, 0) is 5.41 Å². The number of hydrogen-bond donors (Lipinski definition) is 1. The Morgan fingerprint density at radius 2 is 1.62 bits per heavy atom. The van der Waals surface area contributed by atoms with E-state index < -0.39 is 6.09 Å². The normalized spacial score (nSPS) is 15.2. The van der Waals surface area contributed by atoms with Crippen molar-refractivity contribution < 1.29 is 19.2 Å². The van der Waals surface area contributed by atoms with Crippen molar-refractivity contribution in [1.29, 1.82) is 0 Å². The number of carbonyl (C=O) groups excluding carboxylic acids is 1. The van der Waals surface area contributed by atoms with E-state index in [1.54, 1.807) is 29.2 Å². The molecule has 0 bridgehead atoms. The second kappa shape index (κ2) is 6.78. The molecule has 0 radical (unpaired) electrons. The van der Waals surface area contributed by atoms with Crippen LogP contribution < -0.4 is 0 Å². The molecule has 2 heterocycles. The summed E-state index contributed by atoms with van der Waals surface area (Å²) >= 11 is 0. The van der Waals surface area contributed by atoms with Crippen molar-refractivity contribution in [2.24, 2.45) is 0 Å². The standard InChI is InChI=1S/C18H22N4O4/c1-18(2,3)16-19-14(26-20-16)12-4-6-13(7-5-12)15(23)21-8-10-22(11-9-21)17(24)25/h4-7H,8-11H2,1-3H3,(H,24,25). The lowest BCUT2D eigenvalue weighted by atomic mass is 9.96. The van der Waals surface area contributed by atoms with E-state index in [0.717, 1.165) is 5.56 Å². The molecule has 0 atom stereocenters. The van der Waals surface area contributed by atoms with E-state index in [2.05, 4.69) is 10.1 Å². The summed E-state index contributed by atoms with van der Waals surface area (Å²) in [5, 5.41) is 13.0. The van der Waals surface area contributed by atoms with E-state index in [4.69, 9.17) is 9.63 Å². The smallest absolute Gasteiger partial charge is 0.407 e. The molecule has 1 aliphatic heterocycles. The van der Waals surface area contributed by atoms with Gasteiger partial charge in [-0.3, -0.25) is 4.79 Å². The van der Waals surface area contributed by atoms with Gasteiger partial charge in [-0.25, -0.2) is 4.79 Å². The third-order valence-corrected chi connectivity index (χ3v) is 4.31. The van der Waals surface area contributed by atoms with E-state index in [9.17, 15) is 9.59 Å². The van der Waals surface area contributed by atoms with Gasteiger partial charge in [-0.1, -0.05) is 25.9 Å². The van der Waals surface area contributed by atoms with E-state index in [0.29, 0.717) is 43.5 Å². The summed E-state index contributed by atoms with van der Waals surface area (Å²) in [6.45, 7) is 7.47. The van der Waals surface area contributed by atoms with Crippen molar-refractivity contribution in [2.75, 3.05) is 26.2 Å². The van der Waals surface area contributed by atoms with Gasteiger partial charge in [-0.05, 0) is 24.3 Å². The first-order chi connectivity index (χ1) is 12.3. The highest BCUT2D eigenvalue weighted by Gasteiger charge is 2.25. The number of benzene rings is 1. The van der Waals surface area contributed by atoms with Crippen molar-refractivity contribution in [2.45, 2.75) is 26.2 Å². The number of carbonyl (C=O) groups is 2. The SMILES string of the molecule is CC(C)(C)c1noc(-c2ccc(C(=O)N3CCN(C(=O)O)CC3)cc2)n1. The summed E-state index contributed by atoms with van der Waals surface area (Å²) in [6, 6.07) is 7.01. The lowest BCUT2D eigenvalue weighted by Gasteiger charge is -2.33. The molecule has 1 aromatic heterocycles. The minimum atomic E-state index is -0.948. The molecular formula is C18H22N4O4. The Hall–Kier alpha value is -2.90. The largest absolute Gasteiger partial charge is 0.465 e. The Kier molecular flexibility index (Phi) is 4.67. The van der Waals surface area contributed by atoms with Gasteiger partial charge in [0.15, 0.2) is 5.82 Å². The summed E-state index contributed by atoms with van der Waals surface area (Å²) in [4.78, 5) is 30.9. The van der Waals surface area contributed by atoms with Crippen molar-refractivity contribution in [1.82, 2.24) is 19.9 Å². The second-order valence-corrected chi connectivity index (χ2v) is 7.31. The molecule has 138 valence electrons. The first-order valence-electron chi connectivity index (χ1n) is 8.47. The van der Waals surface area contributed by atoms with Gasteiger partial charge < -0.3 is 19.4 Å².